The minimum atomic E-state index is -1.10. The van der Waals surface area contributed by atoms with Gasteiger partial charge in [0.15, 0.2) is 0 Å². The minimum absolute atomic E-state index is 0.0547. The van der Waals surface area contributed by atoms with Crippen molar-refractivity contribution in [1.29, 1.82) is 0 Å². The van der Waals surface area contributed by atoms with E-state index in [0.29, 0.717) is 12.2 Å². The molecule has 1 aromatic heterocycles. The number of hydrogen-bond donors (Lipinski definition) is 3. The third-order valence-electron chi connectivity index (χ3n) is 1.81. The lowest BCUT2D eigenvalue weighted by atomic mass is 10.3. The van der Waals surface area contributed by atoms with Crippen molar-refractivity contribution in [2.24, 2.45) is 0 Å². The molecule has 0 bridgehead atoms. The quantitative estimate of drug-likeness (QED) is 0.669. The molecule has 0 fully saturated rings. The van der Waals surface area contributed by atoms with Crippen molar-refractivity contribution in [1.82, 2.24) is 10.3 Å². The van der Waals surface area contributed by atoms with Gasteiger partial charge in [-0.1, -0.05) is 0 Å². The maximum Gasteiger partial charge on any atom is 0.354 e. The zero-order chi connectivity index (χ0) is 12.0. The van der Waals surface area contributed by atoms with E-state index in [1.807, 2.05) is 6.92 Å². The van der Waals surface area contributed by atoms with E-state index in [9.17, 15) is 9.59 Å². The second kappa shape index (κ2) is 5.69. The predicted molar refractivity (Wildman–Crippen MR) is 58.4 cm³/mol. The molecule has 0 saturated carbocycles. The first-order valence-electron chi connectivity index (χ1n) is 4.83. The summed E-state index contributed by atoms with van der Waals surface area (Å²) in [5.41, 5.74) is 0.500. The molecule has 0 aromatic carbocycles. The maximum atomic E-state index is 11.1. The predicted octanol–water partition coefficient (Wildman–Crippen LogP) is 0.328. The highest BCUT2D eigenvalue weighted by atomic mass is 16.4. The summed E-state index contributed by atoms with van der Waals surface area (Å²) in [5, 5.41) is 14.1. The number of anilines is 1. The van der Waals surface area contributed by atoms with Crippen LogP contribution in [0.1, 0.15) is 17.4 Å². The van der Waals surface area contributed by atoms with Crippen molar-refractivity contribution in [3.05, 3.63) is 24.0 Å². The lowest BCUT2D eigenvalue weighted by Crippen LogP contribution is -2.29. The number of amides is 1. The molecule has 0 aliphatic carbocycles. The van der Waals surface area contributed by atoms with Crippen molar-refractivity contribution >= 4 is 17.6 Å². The molecule has 1 rings (SSSR count). The van der Waals surface area contributed by atoms with Crippen molar-refractivity contribution in [2.45, 2.75) is 6.92 Å². The molecule has 1 heterocycles. The lowest BCUT2D eigenvalue weighted by molar-refractivity contribution is -0.119. The summed E-state index contributed by atoms with van der Waals surface area (Å²) in [5.74, 6) is -1.24. The summed E-state index contributed by atoms with van der Waals surface area (Å²) in [7, 11) is 0. The molecule has 0 spiro atoms. The van der Waals surface area contributed by atoms with Gasteiger partial charge < -0.3 is 15.7 Å². The number of carboxylic acids is 1. The maximum absolute atomic E-state index is 11.1. The van der Waals surface area contributed by atoms with Crippen LogP contribution in [0, 0.1) is 0 Å². The topological polar surface area (TPSA) is 91.3 Å². The second-order valence-corrected chi connectivity index (χ2v) is 3.04. The molecular formula is C10H13N3O3. The minimum Gasteiger partial charge on any atom is -0.477 e. The number of aromatic carboxylic acids is 1. The number of carbonyl (C=O) groups excluding carboxylic acids is 1. The van der Waals surface area contributed by atoms with Gasteiger partial charge in [0, 0.05) is 18.4 Å². The van der Waals surface area contributed by atoms with E-state index in [1.54, 1.807) is 6.07 Å². The first-order chi connectivity index (χ1) is 7.63. The number of carboxylic acid groups (broad SMARTS) is 1. The van der Waals surface area contributed by atoms with E-state index in [0.717, 1.165) is 0 Å². The molecule has 0 aliphatic heterocycles. The van der Waals surface area contributed by atoms with Gasteiger partial charge >= 0.3 is 5.97 Å². The molecule has 16 heavy (non-hydrogen) atoms. The third kappa shape index (κ3) is 3.56. The van der Waals surface area contributed by atoms with Gasteiger partial charge in [0.05, 0.1) is 6.54 Å². The summed E-state index contributed by atoms with van der Waals surface area (Å²) in [6, 6.07) is 2.98. The van der Waals surface area contributed by atoms with Gasteiger partial charge in [-0.25, -0.2) is 9.78 Å². The zero-order valence-corrected chi connectivity index (χ0v) is 8.86. The average Bonchev–Trinajstić information content (AvgIpc) is 2.27. The van der Waals surface area contributed by atoms with Gasteiger partial charge in [0.1, 0.15) is 5.69 Å². The van der Waals surface area contributed by atoms with Crippen molar-refractivity contribution in [2.75, 3.05) is 18.4 Å². The molecule has 6 nitrogen and oxygen atoms in total. The normalized spacial score (nSPS) is 9.56. The number of hydrogen-bond acceptors (Lipinski definition) is 4. The number of likely N-dealkylation sites (N-methyl/N-ethyl adjacent to an activating group) is 1. The van der Waals surface area contributed by atoms with E-state index in [1.165, 1.54) is 12.3 Å². The Balaban J connectivity index is 2.57. The van der Waals surface area contributed by atoms with Gasteiger partial charge in [-0.3, -0.25) is 4.79 Å². The van der Waals surface area contributed by atoms with E-state index in [4.69, 9.17) is 5.11 Å². The van der Waals surface area contributed by atoms with Gasteiger partial charge in [-0.2, -0.15) is 0 Å². The van der Waals surface area contributed by atoms with Crippen LogP contribution < -0.4 is 10.6 Å². The first-order valence-corrected chi connectivity index (χ1v) is 4.83. The van der Waals surface area contributed by atoms with E-state index >= 15 is 0 Å². The molecule has 0 unspecified atom stereocenters. The number of nitrogens with one attached hydrogen (secondary N) is 2. The summed E-state index contributed by atoms with van der Waals surface area (Å²) in [4.78, 5) is 25.4. The fraction of sp³-hybridized carbons (Fsp3) is 0.300. The molecule has 1 aromatic rings. The summed E-state index contributed by atoms with van der Waals surface area (Å²) < 4.78 is 0. The van der Waals surface area contributed by atoms with Crippen LogP contribution in [-0.4, -0.2) is 35.1 Å². The van der Waals surface area contributed by atoms with E-state index < -0.39 is 5.97 Å². The molecule has 0 saturated heterocycles. The fourth-order valence-corrected chi connectivity index (χ4v) is 1.10. The highest BCUT2D eigenvalue weighted by Gasteiger charge is 2.05. The standard InChI is InChI=1S/C10H13N3O3/c1-2-11-9(14)6-13-7-3-4-12-8(5-7)10(15)16/h3-5H,2,6H2,1H3,(H,11,14)(H,12,13)(H,15,16). The van der Waals surface area contributed by atoms with Crippen LogP contribution in [0.15, 0.2) is 18.3 Å². The molecular weight excluding hydrogens is 210 g/mol. The Morgan fingerprint density at radius 2 is 2.25 bits per heavy atom. The number of pyridine rings is 1. The Morgan fingerprint density at radius 1 is 1.50 bits per heavy atom. The fourth-order valence-electron chi connectivity index (χ4n) is 1.10. The van der Waals surface area contributed by atoms with Crippen LogP contribution in [0.5, 0.6) is 0 Å². The molecule has 0 radical (unpaired) electrons. The van der Waals surface area contributed by atoms with Gasteiger partial charge in [-0.05, 0) is 19.1 Å². The summed E-state index contributed by atoms with van der Waals surface area (Å²) >= 11 is 0. The van der Waals surface area contributed by atoms with Crippen molar-refractivity contribution in [3.63, 3.8) is 0 Å². The van der Waals surface area contributed by atoms with Gasteiger partial charge in [-0.15, -0.1) is 0 Å². The van der Waals surface area contributed by atoms with Crippen LogP contribution in [-0.2, 0) is 4.79 Å². The third-order valence-corrected chi connectivity index (χ3v) is 1.81. The van der Waals surface area contributed by atoms with Gasteiger partial charge in [0.25, 0.3) is 0 Å². The highest BCUT2D eigenvalue weighted by Crippen LogP contribution is 2.07. The Morgan fingerprint density at radius 3 is 2.88 bits per heavy atom. The average molecular weight is 223 g/mol. The Kier molecular flexibility index (Phi) is 4.26. The Labute approximate surface area is 92.7 Å². The van der Waals surface area contributed by atoms with Crippen molar-refractivity contribution < 1.29 is 14.7 Å². The monoisotopic (exact) mass is 223 g/mol. The van der Waals surface area contributed by atoms with Crippen LogP contribution in [0.2, 0.25) is 0 Å². The highest BCUT2D eigenvalue weighted by molar-refractivity contribution is 5.87. The molecule has 6 heteroatoms. The molecule has 86 valence electrons. The zero-order valence-electron chi connectivity index (χ0n) is 8.86. The second-order valence-electron chi connectivity index (χ2n) is 3.04. The molecule has 0 aliphatic rings. The smallest absolute Gasteiger partial charge is 0.354 e. The Hall–Kier alpha value is -2.11. The number of aromatic nitrogens is 1. The molecule has 3 N–H and O–H groups in total. The van der Waals surface area contributed by atoms with Crippen LogP contribution in [0.3, 0.4) is 0 Å². The van der Waals surface area contributed by atoms with Crippen LogP contribution in [0.25, 0.3) is 0 Å². The molecule has 1 amide bonds. The Bertz CT molecular complexity index is 393. The number of rotatable bonds is 5. The van der Waals surface area contributed by atoms with Crippen LogP contribution in [0.4, 0.5) is 5.69 Å². The summed E-state index contributed by atoms with van der Waals surface area (Å²) in [6.45, 7) is 2.50. The first kappa shape index (κ1) is 12.0. The molecule has 0 atom stereocenters. The largest absolute Gasteiger partial charge is 0.477 e. The van der Waals surface area contributed by atoms with Gasteiger partial charge in [0.2, 0.25) is 5.91 Å². The SMILES string of the molecule is CCNC(=O)CNc1ccnc(C(=O)O)c1. The van der Waals surface area contributed by atoms with Crippen LogP contribution >= 0.6 is 0 Å². The lowest BCUT2D eigenvalue weighted by Gasteiger charge is -2.06. The summed E-state index contributed by atoms with van der Waals surface area (Å²) in [6.07, 6.45) is 1.38. The number of carbonyl (C=O) groups is 2. The van der Waals surface area contributed by atoms with E-state index in [2.05, 4.69) is 15.6 Å². The van der Waals surface area contributed by atoms with E-state index in [-0.39, 0.29) is 18.1 Å². The number of nitrogens with zero attached hydrogens (tertiary/aromatic N) is 1. The van der Waals surface area contributed by atoms with Crippen molar-refractivity contribution in [3.8, 4) is 0 Å².